The number of fused-ring (bicyclic) bond motifs is 2. The maximum atomic E-state index is 13.0. The molecule has 3 aromatic rings. The summed E-state index contributed by atoms with van der Waals surface area (Å²) in [4.78, 5) is 30.2. The predicted octanol–water partition coefficient (Wildman–Crippen LogP) is 3.43. The van der Waals surface area contributed by atoms with Crippen LogP contribution in [-0.2, 0) is 27.8 Å². The third kappa shape index (κ3) is 4.56. The summed E-state index contributed by atoms with van der Waals surface area (Å²) in [7, 11) is 0.162. The van der Waals surface area contributed by atoms with Gasteiger partial charge in [0.1, 0.15) is 16.4 Å². The van der Waals surface area contributed by atoms with E-state index in [4.69, 9.17) is 9.84 Å². The normalized spacial score (nSPS) is 18.9. The average molecular weight is 538 g/mol. The fourth-order valence-electron chi connectivity index (χ4n) is 5.39. The molecule has 2 N–H and O–H groups in total. The number of rotatable bonds is 6. The number of anilines is 2. The molecule has 1 amide bonds. The van der Waals surface area contributed by atoms with Crippen molar-refractivity contribution in [1.29, 1.82) is 5.26 Å². The number of nitrogens with one attached hydrogen (secondary N) is 2. The summed E-state index contributed by atoms with van der Waals surface area (Å²) in [5.41, 5.74) is 1.35. The molecule has 0 spiro atoms. The van der Waals surface area contributed by atoms with E-state index in [-0.39, 0.29) is 12.0 Å². The molecule has 1 fully saturated rings. The molecule has 2 aliphatic heterocycles. The van der Waals surface area contributed by atoms with Crippen molar-refractivity contribution in [2.24, 2.45) is 5.92 Å². The molecule has 4 heterocycles. The lowest BCUT2D eigenvalue weighted by Gasteiger charge is -2.40. The van der Waals surface area contributed by atoms with Crippen LogP contribution in [0.3, 0.4) is 0 Å². The first kappa shape index (κ1) is 25.9. The molecule has 12 heteroatoms. The van der Waals surface area contributed by atoms with Crippen LogP contribution in [0.4, 0.5) is 16.3 Å². The lowest BCUT2D eigenvalue weighted by molar-refractivity contribution is 0.0794. The summed E-state index contributed by atoms with van der Waals surface area (Å²) in [6.45, 7) is 6.36. The van der Waals surface area contributed by atoms with E-state index in [1.54, 1.807) is 21.8 Å². The van der Waals surface area contributed by atoms with Gasteiger partial charge in [0.25, 0.3) is 5.56 Å². The SMILES string of the molecule is COC(=O)N1CCC(CC#N)(n2nc(Nc3ccc4c(c3)CN(CC(C)C)S4=O)c3c(=O)[nH]ccc32)CC1. The molecule has 0 bridgehead atoms. The lowest BCUT2D eigenvalue weighted by Crippen LogP contribution is -2.48. The minimum Gasteiger partial charge on any atom is -0.453 e. The third-order valence-corrected chi connectivity index (χ3v) is 8.77. The van der Waals surface area contributed by atoms with E-state index in [2.05, 4.69) is 30.2 Å². The standard InChI is InChI=1S/C26H31N7O4S/c1-17(2)15-32-16-18-14-19(4-5-21(18)38(32)36)29-23-22-20(6-11-28-24(22)34)33(30-23)26(7-10-27)8-12-31(13-9-26)25(35)37-3/h4-6,11,14,17H,7-9,12-13,15-16H2,1-3H3,(H,28,34)(H,29,30). The predicted molar refractivity (Wildman–Crippen MR) is 143 cm³/mol. The second-order valence-electron chi connectivity index (χ2n) is 10.3. The maximum absolute atomic E-state index is 13.0. The van der Waals surface area contributed by atoms with E-state index < -0.39 is 22.6 Å². The Balaban J connectivity index is 1.50. The number of nitrogens with zero attached hydrogens (tertiary/aromatic N) is 5. The Kier molecular flexibility index (Phi) is 6.98. The zero-order valence-corrected chi connectivity index (χ0v) is 22.5. The van der Waals surface area contributed by atoms with E-state index in [1.807, 2.05) is 22.5 Å². The van der Waals surface area contributed by atoms with Gasteiger partial charge in [-0.3, -0.25) is 9.48 Å². The molecule has 0 radical (unpaired) electrons. The number of aromatic amines is 1. The molecule has 200 valence electrons. The van der Waals surface area contributed by atoms with Crippen molar-refractivity contribution in [2.75, 3.05) is 32.1 Å². The molecule has 5 rings (SSSR count). The van der Waals surface area contributed by atoms with Gasteiger partial charge in [-0.25, -0.2) is 13.3 Å². The van der Waals surface area contributed by atoms with Crippen LogP contribution in [0, 0.1) is 17.2 Å². The molecule has 11 nitrogen and oxygen atoms in total. The summed E-state index contributed by atoms with van der Waals surface area (Å²) < 4.78 is 21.5. The van der Waals surface area contributed by atoms with E-state index in [9.17, 15) is 19.1 Å². The lowest BCUT2D eigenvalue weighted by atomic mass is 9.85. The summed E-state index contributed by atoms with van der Waals surface area (Å²) in [6, 6.07) is 9.73. The maximum Gasteiger partial charge on any atom is 0.409 e. The zero-order chi connectivity index (χ0) is 27.0. The Morgan fingerprint density at radius 2 is 2.08 bits per heavy atom. The first-order chi connectivity index (χ1) is 18.3. The Morgan fingerprint density at radius 3 is 2.76 bits per heavy atom. The van der Waals surface area contributed by atoms with Crippen molar-refractivity contribution in [2.45, 2.75) is 50.1 Å². The second-order valence-corrected chi connectivity index (χ2v) is 11.7. The van der Waals surface area contributed by atoms with E-state index in [1.165, 1.54) is 7.11 Å². The van der Waals surface area contributed by atoms with Gasteiger partial charge in [0.2, 0.25) is 0 Å². The van der Waals surface area contributed by atoms with Gasteiger partial charge in [0.05, 0.1) is 35.6 Å². The number of ether oxygens (including phenoxy) is 1. The number of carbonyl (C=O) groups is 1. The molecular formula is C26H31N7O4S. The number of pyridine rings is 1. The van der Waals surface area contributed by atoms with Crippen LogP contribution in [0.5, 0.6) is 0 Å². The number of nitriles is 1. The van der Waals surface area contributed by atoms with Crippen molar-refractivity contribution in [3.63, 3.8) is 0 Å². The van der Waals surface area contributed by atoms with Crippen LogP contribution in [0.2, 0.25) is 0 Å². The molecule has 38 heavy (non-hydrogen) atoms. The van der Waals surface area contributed by atoms with Gasteiger partial charge in [0.15, 0.2) is 5.82 Å². The number of H-pyrrole nitrogens is 1. The molecule has 1 saturated heterocycles. The van der Waals surface area contributed by atoms with Gasteiger partial charge in [-0.05, 0) is 48.6 Å². The van der Waals surface area contributed by atoms with Crippen LogP contribution in [0.25, 0.3) is 10.9 Å². The number of methoxy groups -OCH3 is 1. The van der Waals surface area contributed by atoms with Crippen molar-refractivity contribution in [1.82, 2.24) is 24.0 Å². The second kappa shape index (κ2) is 10.2. The Hall–Kier alpha value is -3.69. The van der Waals surface area contributed by atoms with Crippen molar-refractivity contribution < 1.29 is 13.7 Å². The summed E-state index contributed by atoms with van der Waals surface area (Å²) in [5.74, 6) is 0.779. The largest absolute Gasteiger partial charge is 0.453 e. The first-order valence-corrected chi connectivity index (χ1v) is 13.7. The zero-order valence-electron chi connectivity index (χ0n) is 21.7. The smallest absolute Gasteiger partial charge is 0.409 e. The van der Waals surface area contributed by atoms with Crippen molar-refractivity contribution >= 4 is 39.5 Å². The van der Waals surface area contributed by atoms with Gasteiger partial charge in [-0.15, -0.1) is 0 Å². The number of piperidine rings is 1. The number of hydrogen-bond acceptors (Lipinski definition) is 7. The highest BCUT2D eigenvalue weighted by Gasteiger charge is 2.40. The summed E-state index contributed by atoms with van der Waals surface area (Å²) in [5, 5.41) is 18.3. The van der Waals surface area contributed by atoms with Crippen LogP contribution in [0.1, 0.15) is 38.7 Å². The highest BCUT2D eigenvalue weighted by atomic mass is 32.2. The van der Waals surface area contributed by atoms with Crippen LogP contribution in [-0.4, -0.2) is 61.0 Å². The Morgan fingerprint density at radius 1 is 1.32 bits per heavy atom. The fraction of sp³-hybridized carbons (Fsp3) is 0.462. The minimum absolute atomic E-state index is 0.182. The molecular weight excluding hydrogens is 506 g/mol. The molecule has 1 aromatic carbocycles. The number of likely N-dealkylation sites (tertiary alicyclic amines) is 1. The number of benzene rings is 1. The first-order valence-electron chi connectivity index (χ1n) is 12.6. The van der Waals surface area contributed by atoms with Gasteiger partial charge in [-0.1, -0.05) is 13.8 Å². The highest BCUT2D eigenvalue weighted by Crippen LogP contribution is 2.38. The summed E-state index contributed by atoms with van der Waals surface area (Å²) >= 11 is 0. The van der Waals surface area contributed by atoms with E-state index >= 15 is 0 Å². The van der Waals surface area contributed by atoms with Gasteiger partial charge in [-0.2, -0.15) is 10.4 Å². The van der Waals surface area contributed by atoms with E-state index in [0.717, 1.165) is 22.7 Å². The average Bonchev–Trinajstić information content (AvgIpc) is 3.42. The monoisotopic (exact) mass is 537 g/mol. The van der Waals surface area contributed by atoms with Crippen molar-refractivity contribution in [3.05, 3.63) is 46.4 Å². The Labute approximate surface area is 223 Å². The van der Waals surface area contributed by atoms with Gasteiger partial charge >= 0.3 is 6.09 Å². The van der Waals surface area contributed by atoms with Crippen LogP contribution >= 0.6 is 0 Å². The van der Waals surface area contributed by atoms with Crippen molar-refractivity contribution in [3.8, 4) is 6.07 Å². The molecule has 2 aromatic heterocycles. The topological polar surface area (TPSA) is 136 Å². The summed E-state index contributed by atoms with van der Waals surface area (Å²) in [6.07, 6.45) is 2.35. The highest BCUT2D eigenvalue weighted by molar-refractivity contribution is 7.83. The quantitative estimate of drug-likeness (QED) is 0.492. The Bertz CT molecular complexity index is 1500. The number of amides is 1. The minimum atomic E-state index is -1.19. The third-order valence-electron chi connectivity index (χ3n) is 7.25. The van der Waals surface area contributed by atoms with Crippen LogP contribution in [0.15, 0.2) is 40.2 Å². The van der Waals surface area contributed by atoms with Gasteiger partial charge in [0, 0.05) is 38.1 Å². The molecule has 0 saturated carbocycles. The fourth-order valence-corrected chi connectivity index (χ4v) is 6.89. The van der Waals surface area contributed by atoms with Gasteiger partial charge < -0.3 is 19.9 Å². The van der Waals surface area contributed by atoms with Crippen LogP contribution < -0.4 is 10.9 Å². The number of hydrogen-bond donors (Lipinski definition) is 2. The molecule has 2 aliphatic rings. The van der Waals surface area contributed by atoms with E-state index in [0.29, 0.717) is 55.1 Å². The number of carbonyl (C=O) groups excluding carboxylic acids is 1. The molecule has 0 aliphatic carbocycles. The molecule has 1 atom stereocenters. The molecule has 1 unspecified atom stereocenters. The number of aromatic nitrogens is 3.